The number of anilines is 2. The van der Waals surface area contributed by atoms with Gasteiger partial charge in [-0.1, -0.05) is 97.5 Å². The molecule has 0 radical (unpaired) electrons. The van der Waals surface area contributed by atoms with Gasteiger partial charge in [-0.2, -0.15) is 0 Å². The number of rotatable bonds is 30. The summed E-state index contributed by atoms with van der Waals surface area (Å²) in [6.45, 7) is 16.0. The van der Waals surface area contributed by atoms with Crippen molar-refractivity contribution in [3.63, 3.8) is 0 Å². The van der Waals surface area contributed by atoms with Crippen molar-refractivity contribution in [2.45, 2.75) is 267 Å². The molecule has 6 aliphatic heterocycles. The molecule has 4 saturated heterocycles. The molecule has 6 aliphatic rings. The van der Waals surface area contributed by atoms with Crippen LogP contribution in [0.15, 0.2) is 71.9 Å². The topological polar surface area (TPSA) is 409 Å². The average molecular weight is 1740 g/mol. The molecule has 121 heavy (non-hydrogen) atoms. The zero-order valence-electron chi connectivity index (χ0n) is 72.5. The van der Waals surface area contributed by atoms with E-state index in [-0.39, 0.29) is 105 Å². The minimum Gasteiger partial charge on any atom is -0.495 e. The number of fused-ring (bicyclic) bond motifs is 10. The lowest BCUT2D eigenvalue weighted by Crippen LogP contribution is -2.63. The number of ether oxygens (including phenoxy) is 11. The number of nitrogens with one attached hydrogen (secondary N) is 5. The van der Waals surface area contributed by atoms with Crippen molar-refractivity contribution in [2.24, 2.45) is 11.8 Å². The second kappa shape index (κ2) is 43.3. The van der Waals surface area contributed by atoms with Crippen LogP contribution in [0.2, 0.25) is 10.0 Å². The summed E-state index contributed by atoms with van der Waals surface area (Å²) in [6.07, 6.45) is 3.15. The number of halogens is 2. The Morgan fingerprint density at radius 1 is 0.603 bits per heavy atom. The number of benzene rings is 2. The molecule has 33 nitrogen and oxygen atoms in total. The Labute approximate surface area is 718 Å². The van der Waals surface area contributed by atoms with Crippen LogP contribution >= 0.6 is 23.2 Å². The van der Waals surface area contributed by atoms with Gasteiger partial charge in [0.25, 0.3) is 0 Å². The maximum atomic E-state index is 14.5. The quantitative estimate of drug-likeness (QED) is 0.0166. The average Bonchev–Trinajstić information content (AvgIpc) is 1.58. The minimum absolute atomic E-state index is 0.0113. The number of carbonyl (C=O) groups is 11. The number of amides is 9. The number of allylic oxidation sites excluding steroid dienone is 6. The molecule has 2 aromatic rings. The van der Waals surface area contributed by atoms with Gasteiger partial charge < -0.3 is 97.9 Å². The Hall–Kier alpha value is -9.09. The van der Waals surface area contributed by atoms with Crippen LogP contribution in [0.3, 0.4) is 0 Å². The van der Waals surface area contributed by atoms with E-state index in [2.05, 4.69) is 26.6 Å². The zero-order chi connectivity index (χ0) is 89.2. The number of hydrogen-bond acceptors (Lipinski definition) is 24. The molecule has 4 fully saturated rings. The van der Waals surface area contributed by atoms with E-state index in [4.69, 9.17) is 75.3 Å². The van der Waals surface area contributed by atoms with Crippen LogP contribution in [0, 0.1) is 11.8 Å². The van der Waals surface area contributed by atoms with Crippen LogP contribution < -0.4 is 45.9 Å². The number of likely N-dealkylation sites (N-methyl/N-ethyl adjacent to an activating group) is 2. The molecule has 8 bridgehead atoms. The van der Waals surface area contributed by atoms with E-state index in [1.54, 1.807) is 97.3 Å². The van der Waals surface area contributed by atoms with Crippen molar-refractivity contribution in [1.82, 2.24) is 36.4 Å². The van der Waals surface area contributed by atoms with Gasteiger partial charge in [-0.05, 0) is 135 Å². The smallest absolute Gasteiger partial charge is 0.409 e. The lowest BCUT2D eigenvalue weighted by Gasteiger charge is -2.42. The SMILES string of the molecule is CCOC(=O)NC(CCC(=O)NCCCCCC(=O)N(C)[C@@H](C)C(=O)O[C@H]1CC(=O)N(C)c2cc(cc(OC)c2Cl)C/C(C)=C/C=C/[C@@H](OC)[C@@]2(O)CC(OC(=O)N2)[C@@H](C)C2O[C@]21C)CCC(=O)NCCCCCC(=O)N(C)[C@@H](C)C(=O)O[C@H]1CC(=O)N(C)c2cc(cc(OC)c2Cl)C/C(C)=C/C=C/[C@@H](OC)[C@@]2(O)CC(OC(=O)N2)[C@@H](C)C2O[C@]21C. The monoisotopic (exact) mass is 1740 g/mol. The molecule has 0 saturated carbocycles. The van der Waals surface area contributed by atoms with Gasteiger partial charge in [-0.3, -0.25) is 39.4 Å². The predicted molar refractivity (Wildman–Crippen MR) is 447 cm³/mol. The van der Waals surface area contributed by atoms with E-state index < -0.39 is 156 Å². The molecule has 2 aromatic carbocycles. The van der Waals surface area contributed by atoms with Crippen molar-refractivity contribution in [3.05, 3.63) is 93.0 Å². The van der Waals surface area contributed by atoms with Gasteiger partial charge in [0.2, 0.25) is 35.4 Å². The largest absolute Gasteiger partial charge is 0.495 e. The third-order valence-corrected chi connectivity index (χ3v) is 24.6. The highest BCUT2D eigenvalue weighted by molar-refractivity contribution is 6.36. The Kier molecular flexibility index (Phi) is 34.8. The number of methoxy groups -OCH3 is 4. The van der Waals surface area contributed by atoms with Crippen LogP contribution in [0.5, 0.6) is 11.5 Å². The summed E-state index contributed by atoms with van der Waals surface area (Å²) in [7, 11) is 11.8. The normalized spacial score (nSPS) is 29.0. The lowest BCUT2D eigenvalue weighted by molar-refractivity contribution is -0.162. The molecule has 8 rings (SSSR count). The molecule has 16 atom stereocenters. The molecule has 0 aromatic heterocycles. The number of nitrogens with zero attached hydrogens (tertiary/aromatic N) is 4. The summed E-state index contributed by atoms with van der Waals surface area (Å²) in [5, 5.41) is 37.8. The Morgan fingerprint density at radius 2 is 0.992 bits per heavy atom. The number of hydrogen-bond donors (Lipinski definition) is 7. The predicted octanol–water partition coefficient (Wildman–Crippen LogP) is 9.07. The molecular weight excluding hydrogens is 1610 g/mol. The van der Waals surface area contributed by atoms with Gasteiger partial charge in [0.15, 0.2) is 11.4 Å². The first kappa shape index (κ1) is 97.4. The minimum atomic E-state index is -1.90. The van der Waals surface area contributed by atoms with E-state index in [9.17, 15) is 63.0 Å². The van der Waals surface area contributed by atoms with Crippen molar-refractivity contribution in [3.8, 4) is 11.5 Å². The van der Waals surface area contributed by atoms with Crippen LogP contribution in [0.4, 0.5) is 25.8 Å². The molecule has 670 valence electrons. The number of epoxide rings is 2. The summed E-state index contributed by atoms with van der Waals surface area (Å²) in [5.41, 5.74) is -2.53. The number of carbonyl (C=O) groups excluding carboxylic acids is 11. The van der Waals surface area contributed by atoms with Gasteiger partial charge in [-0.25, -0.2) is 24.0 Å². The maximum Gasteiger partial charge on any atom is 0.409 e. The molecule has 0 spiro atoms. The van der Waals surface area contributed by atoms with E-state index in [1.165, 1.54) is 76.0 Å². The van der Waals surface area contributed by atoms with Crippen LogP contribution in [0.25, 0.3) is 0 Å². The van der Waals surface area contributed by atoms with Gasteiger partial charge in [-0.15, -0.1) is 0 Å². The lowest BCUT2D eigenvalue weighted by atomic mass is 9.83. The molecule has 6 heterocycles. The first-order valence-corrected chi connectivity index (χ1v) is 42.1. The third kappa shape index (κ3) is 25.3. The van der Waals surface area contributed by atoms with E-state index in [0.29, 0.717) is 74.2 Å². The molecule has 4 unspecified atom stereocenters. The Bertz CT molecular complexity index is 3950. The fourth-order valence-electron chi connectivity index (χ4n) is 15.8. The summed E-state index contributed by atoms with van der Waals surface area (Å²) in [5.74, 6) is -4.57. The van der Waals surface area contributed by atoms with Gasteiger partial charge in [0.05, 0.1) is 57.3 Å². The standard InChI is InChI=1S/C86H123Cl2N9O24/c1-18-115-80(106)91-57(33-35-68(98)89-37-23-19-21-31-70(100)94(10)53(6)78(104)118-66-45-72(102)96(12)58-41-55(43-60(111-14)74(58)87)39-49(2)27-25-29-64(113-16)85(109)47-62(116-81(107)92-85)51(4)76-83(66,8)120-76)34-36-69(99)90-38-24-20-22-32-71(101)95(11)54(7)79(105)119-67-46-73(103)97(13)59-42-56(44-61(112-15)75(59)88)40-50(3)28-26-30-65(114-17)86(110)48-63(117-82(108)93-86)52(5)77-84(67,9)121-77/h25-30,41-44,51-54,57,62-67,76-77,109-110H,18-24,31-40,45-48H2,1-17H3,(H,89,98)(H,90,99)(H,91,106)(H,92,107)(H,93,108)/b29-25+,30-26+,49-27+,50-28+/t51-,52-,53+,54+,57?,62?,63?,64-,65-,66+,67+,76?,77?,83+,84+,85+,86+/m1/s1. The fraction of sp³-hybridized carbons (Fsp3) is 0.640. The van der Waals surface area contributed by atoms with Crippen molar-refractivity contribution < 1.29 is 115 Å². The fourth-order valence-corrected chi connectivity index (χ4v) is 16.4. The van der Waals surface area contributed by atoms with Crippen LogP contribution in [0.1, 0.15) is 176 Å². The highest BCUT2D eigenvalue weighted by atomic mass is 35.5. The second-order valence-electron chi connectivity index (χ2n) is 32.8. The molecule has 9 amide bonds. The van der Waals surface area contributed by atoms with Crippen molar-refractivity contribution in [2.75, 3.05) is 86.1 Å². The number of aliphatic hydroxyl groups is 2. The highest BCUT2D eigenvalue weighted by Gasteiger charge is 2.66. The molecule has 7 N–H and O–H groups in total. The van der Waals surface area contributed by atoms with Crippen LogP contribution in [-0.4, -0.2) is 252 Å². The van der Waals surface area contributed by atoms with Gasteiger partial charge in [0, 0.05) is 112 Å². The van der Waals surface area contributed by atoms with Gasteiger partial charge >= 0.3 is 30.2 Å². The van der Waals surface area contributed by atoms with E-state index in [0.717, 1.165) is 22.3 Å². The summed E-state index contributed by atoms with van der Waals surface area (Å²) in [6, 6.07) is 4.19. The van der Waals surface area contributed by atoms with Gasteiger partial charge in [0.1, 0.15) is 81.5 Å². The molecule has 0 aliphatic carbocycles. The Morgan fingerprint density at radius 3 is 1.36 bits per heavy atom. The first-order valence-electron chi connectivity index (χ1n) is 41.3. The number of esters is 2. The number of alkyl carbamates (subject to hydrolysis) is 3. The highest BCUT2D eigenvalue weighted by Crippen LogP contribution is 2.52. The van der Waals surface area contributed by atoms with E-state index >= 15 is 0 Å². The van der Waals surface area contributed by atoms with Crippen molar-refractivity contribution in [1.29, 1.82) is 0 Å². The molecular formula is C86H123Cl2N9O24. The zero-order valence-corrected chi connectivity index (χ0v) is 74.1. The summed E-state index contributed by atoms with van der Waals surface area (Å²) in [4.78, 5) is 155. The Balaban J connectivity index is 0.769. The first-order chi connectivity index (χ1) is 57.2. The maximum absolute atomic E-state index is 14.5. The van der Waals surface area contributed by atoms with Crippen molar-refractivity contribution >= 4 is 100 Å². The van der Waals surface area contributed by atoms with E-state index in [1.807, 2.05) is 26.0 Å². The third-order valence-electron chi connectivity index (χ3n) is 23.9. The van der Waals surface area contributed by atoms with Crippen LogP contribution in [-0.2, 0) is 93.8 Å². The summed E-state index contributed by atoms with van der Waals surface area (Å²) < 4.78 is 64.3. The number of unbranched alkanes of at least 4 members (excludes halogenated alkanes) is 4. The molecule has 35 heteroatoms. The summed E-state index contributed by atoms with van der Waals surface area (Å²) >= 11 is 13.7. The second-order valence-corrected chi connectivity index (χ2v) is 33.5.